The van der Waals surface area contributed by atoms with Gasteiger partial charge in [-0.15, -0.1) is 11.6 Å². The number of hydrogen-bond acceptors (Lipinski definition) is 2. The number of halogens is 4. The monoisotopic (exact) mass is 269 g/mol. The molecule has 0 unspecified atom stereocenters. The van der Waals surface area contributed by atoms with Gasteiger partial charge in [0.25, 0.3) is 0 Å². The summed E-state index contributed by atoms with van der Waals surface area (Å²) in [6.07, 6.45) is -3.29. The van der Waals surface area contributed by atoms with Crippen molar-refractivity contribution in [3.8, 4) is 0 Å². The lowest BCUT2D eigenvalue weighted by molar-refractivity contribution is -0.142. The van der Waals surface area contributed by atoms with Crippen LogP contribution in [0.2, 0.25) is 0 Å². The van der Waals surface area contributed by atoms with Gasteiger partial charge in [-0.05, 0) is 0 Å². The molecule has 1 rings (SSSR count). The largest absolute Gasteiger partial charge is 0.435 e. The second-order valence-corrected chi connectivity index (χ2v) is 3.83. The molecular formula is C9H11ClF3N3O. The highest BCUT2D eigenvalue weighted by atomic mass is 35.5. The minimum Gasteiger partial charge on any atom is -0.340 e. The van der Waals surface area contributed by atoms with Gasteiger partial charge in [-0.1, -0.05) is 0 Å². The summed E-state index contributed by atoms with van der Waals surface area (Å²) in [4.78, 5) is 12.3. The van der Waals surface area contributed by atoms with Crippen molar-refractivity contribution >= 4 is 17.5 Å². The molecule has 0 saturated carbocycles. The number of nitrogens with zero attached hydrogens (tertiary/aromatic N) is 3. The predicted molar refractivity (Wildman–Crippen MR) is 55.4 cm³/mol. The minimum absolute atomic E-state index is 0.0547. The molecule has 4 nitrogen and oxygen atoms in total. The Morgan fingerprint density at radius 2 is 2.18 bits per heavy atom. The van der Waals surface area contributed by atoms with E-state index >= 15 is 0 Å². The number of hydrogen-bond donors (Lipinski definition) is 0. The number of aryl methyl sites for hydroxylation is 1. The van der Waals surface area contributed by atoms with Crippen LogP contribution in [0.3, 0.4) is 0 Å². The molecule has 0 fully saturated rings. The first-order valence-corrected chi connectivity index (χ1v) is 5.18. The Labute approximate surface area is 101 Å². The second kappa shape index (κ2) is 4.95. The van der Waals surface area contributed by atoms with Crippen molar-refractivity contribution < 1.29 is 18.0 Å². The number of carbonyl (C=O) groups excluding carboxylic acids is 1. The molecule has 0 saturated heterocycles. The van der Waals surface area contributed by atoms with Gasteiger partial charge in [0, 0.05) is 32.4 Å². The van der Waals surface area contributed by atoms with E-state index in [2.05, 4.69) is 5.10 Å². The molecule has 0 spiro atoms. The van der Waals surface area contributed by atoms with Crippen molar-refractivity contribution in [3.05, 3.63) is 17.5 Å². The molecule has 1 aromatic rings. The summed E-state index contributed by atoms with van der Waals surface area (Å²) in [5.74, 6) is -0.707. The van der Waals surface area contributed by atoms with Gasteiger partial charge in [0.05, 0.1) is 0 Å². The topological polar surface area (TPSA) is 38.1 Å². The molecule has 0 N–H and O–H groups in total. The van der Waals surface area contributed by atoms with Crippen molar-refractivity contribution in [2.24, 2.45) is 7.05 Å². The van der Waals surface area contributed by atoms with Crippen LogP contribution < -0.4 is 0 Å². The summed E-state index contributed by atoms with van der Waals surface area (Å²) in [5.41, 5.74) is -1.03. The van der Waals surface area contributed by atoms with Gasteiger partial charge in [0.15, 0.2) is 5.69 Å². The fraction of sp³-hybridized carbons (Fsp3) is 0.556. The smallest absolute Gasteiger partial charge is 0.340 e. The molecule has 1 heterocycles. The van der Waals surface area contributed by atoms with E-state index in [1.165, 1.54) is 20.3 Å². The van der Waals surface area contributed by atoms with Crippen LogP contribution in [0.5, 0.6) is 0 Å². The summed E-state index contributed by atoms with van der Waals surface area (Å²) in [5, 5.41) is 3.34. The van der Waals surface area contributed by atoms with Gasteiger partial charge < -0.3 is 4.90 Å². The zero-order valence-electron chi connectivity index (χ0n) is 9.25. The quantitative estimate of drug-likeness (QED) is 0.783. The Hall–Kier alpha value is -1.24. The van der Waals surface area contributed by atoms with Crippen molar-refractivity contribution in [3.63, 3.8) is 0 Å². The van der Waals surface area contributed by atoms with Crippen molar-refractivity contribution in [1.29, 1.82) is 0 Å². The lowest BCUT2D eigenvalue weighted by atomic mass is 10.2. The minimum atomic E-state index is -4.53. The van der Waals surface area contributed by atoms with E-state index in [-0.39, 0.29) is 18.0 Å². The molecule has 1 amide bonds. The van der Waals surface area contributed by atoms with Crippen LogP contribution in [0.4, 0.5) is 13.2 Å². The van der Waals surface area contributed by atoms with Crippen LogP contribution in [-0.2, 0) is 24.6 Å². The number of carbonyl (C=O) groups is 1. The van der Waals surface area contributed by atoms with Crippen molar-refractivity contribution in [2.75, 3.05) is 12.9 Å². The highest BCUT2D eigenvalue weighted by Gasteiger charge is 2.37. The number of aromatic nitrogens is 2. The summed E-state index contributed by atoms with van der Waals surface area (Å²) < 4.78 is 38.8. The first kappa shape index (κ1) is 13.8. The third-order valence-electron chi connectivity index (χ3n) is 2.12. The van der Waals surface area contributed by atoms with Gasteiger partial charge in [-0.3, -0.25) is 9.48 Å². The maximum atomic E-state index is 12.6. The second-order valence-electron chi connectivity index (χ2n) is 3.56. The lowest BCUT2D eigenvalue weighted by Gasteiger charge is -2.15. The molecule has 0 radical (unpaired) electrons. The Kier molecular flexibility index (Phi) is 4.03. The molecule has 0 bridgehead atoms. The van der Waals surface area contributed by atoms with E-state index in [1.807, 2.05) is 0 Å². The molecule has 17 heavy (non-hydrogen) atoms. The molecule has 1 aromatic heterocycles. The summed E-state index contributed by atoms with van der Waals surface area (Å²) in [6, 6.07) is 0. The predicted octanol–water partition coefficient (Wildman–Crippen LogP) is 1.64. The first-order chi connectivity index (χ1) is 7.75. The van der Waals surface area contributed by atoms with Crippen LogP contribution >= 0.6 is 11.6 Å². The first-order valence-electron chi connectivity index (χ1n) is 4.65. The highest BCUT2D eigenvalue weighted by Crippen LogP contribution is 2.30. The van der Waals surface area contributed by atoms with E-state index in [0.717, 1.165) is 9.58 Å². The normalized spacial score (nSPS) is 11.6. The fourth-order valence-electron chi connectivity index (χ4n) is 1.34. The summed E-state index contributed by atoms with van der Waals surface area (Å²) in [6.45, 7) is -0.172. The fourth-order valence-corrected chi connectivity index (χ4v) is 1.54. The van der Waals surface area contributed by atoms with Gasteiger partial charge in [-0.2, -0.15) is 18.3 Å². The number of amides is 1. The molecule has 0 atom stereocenters. The third kappa shape index (κ3) is 3.36. The van der Waals surface area contributed by atoms with Crippen LogP contribution in [-0.4, -0.2) is 33.5 Å². The lowest BCUT2D eigenvalue weighted by Crippen LogP contribution is -2.28. The molecule has 8 heteroatoms. The van der Waals surface area contributed by atoms with E-state index in [0.29, 0.717) is 0 Å². The van der Waals surface area contributed by atoms with E-state index in [4.69, 9.17) is 11.6 Å². The molecule has 96 valence electrons. The molecule has 0 aliphatic carbocycles. The average molecular weight is 270 g/mol. The third-order valence-corrected chi connectivity index (χ3v) is 2.35. The Bertz CT molecular complexity index is 416. The van der Waals surface area contributed by atoms with Gasteiger partial charge in [-0.25, -0.2) is 0 Å². The van der Waals surface area contributed by atoms with Gasteiger partial charge in [0.2, 0.25) is 5.91 Å². The maximum Gasteiger partial charge on any atom is 0.435 e. The standard InChI is InChI=1S/C9H11ClF3N3O/c1-15(7(17)3-10)4-6-5-16(2)14-8(6)9(11,12)13/h5H,3-4H2,1-2H3. The van der Waals surface area contributed by atoms with Crippen LogP contribution in [0, 0.1) is 0 Å². The van der Waals surface area contributed by atoms with Crippen LogP contribution in [0.25, 0.3) is 0 Å². The number of alkyl halides is 4. The average Bonchev–Trinajstić information content (AvgIpc) is 2.57. The van der Waals surface area contributed by atoms with Crippen LogP contribution in [0.1, 0.15) is 11.3 Å². The Morgan fingerprint density at radius 1 is 1.59 bits per heavy atom. The molecule has 0 aliphatic rings. The van der Waals surface area contributed by atoms with Crippen molar-refractivity contribution in [2.45, 2.75) is 12.7 Å². The summed E-state index contributed by atoms with van der Waals surface area (Å²) >= 11 is 5.31. The molecular weight excluding hydrogens is 259 g/mol. The van der Waals surface area contributed by atoms with E-state index < -0.39 is 17.8 Å². The van der Waals surface area contributed by atoms with E-state index in [9.17, 15) is 18.0 Å². The van der Waals surface area contributed by atoms with Gasteiger partial charge in [0.1, 0.15) is 5.88 Å². The van der Waals surface area contributed by atoms with Gasteiger partial charge >= 0.3 is 6.18 Å². The van der Waals surface area contributed by atoms with Crippen LogP contribution in [0.15, 0.2) is 6.20 Å². The molecule has 0 aromatic carbocycles. The SMILES string of the molecule is CN(Cc1cn(C)nc1C(F)(F)F)C(=O)CCl. The van der Waals surface area contributed by atoms with E-state index in [1.54, 1.807) is 0 Å². The van der Waals surface area contributed by atoms with Crippen molar-refractivity contribution in [1.82, 2.24) is 14.7 Å². The maximum absolute atomic E-state index is 12.6. The molecule has 0 aliphatic heterocycles. The zero-order valence-corrected chi connectivity index (χ0v) is 10.0. The Balaban J connectivity index is 2.95. The Morgan fingerprint density at radius 3 is 2.65 bits per heavy atom. The highest BCUT2D eigenvalue weighted by molar-refractivity contribution is 6.27. The summed E-state index contributed by atoms with van der Waals surface area (Å²) in [7, 11) is 2.78. The number of rotatable bonds is 3. The zero-order chi connectivity index (χ0) is 13.2.